The number of hydrogen-bond donors (Lipinski definition) is 1. The molecule has 1 aliphatic carbocycles. The molecule has 0 aromatic heterocycles. The van der Waals surface area contributed by atoms with Gasteiger partial charge in [-0.15, -0.1) is 0 Å². The Kier molecular flexibility index (Phi) is 3.97. The maximum absolute atomic E-state index is 10.3. The highest BCUT2D eigenvalue weighted by molar-refractivity contribution is 7.99. The van der Waals surface area contributed by atoms with Gasteiger partial charge in [0.15, 0.2) is 0 Å². The van der Waals surface area contributed by atoms with Crippen LogP contribution in [-0.4, -0.2) is 46.7 Å². The Morgan fingerprint density at radius 3 is 2.73 bits per heavy atom. The Morgan fingerprint density at radius 1 is 1.40 bits per heavy atom. The van der Waals surface area contributed by atoms with E-state index in [4.69, 9.17) is 0 Å². The number of thioether (sulfide) groups is 1. The second kappa shape index (κ2) is 5.07. The van der Waals surface area contributed by atoms with E-state index in [1.54, 1.807) is 0 Å². The molecule has 0 spiro atoms. The van der Waals surface area contributed by atoms with Gasteiger partial charge in [0.1, 0.15) is 0 Å². The summed E-state index contributed by atoms with van der Waals surface area (Å²) >= 11 is 2.06. The minimum atomic E-state index is -0.319. The zero-order chi connectivity index (χ0) is 10.7. The third-order valence-corrected chi connectivity index (χ3v) is 5.14. The van der Waals surface area contributed by atoms with Gasteiger partial charge in [0, 0.05) is 18.3 Å². The van der Waals surface area contributed by atoms with Crippen LogP contribution in [0.5, 0.6) is 0 Å². The van der Waals surface area contributed by atoms with Gasteiger partial charge in [-0.25, -0.2) is 0 Å². The molecule has 1 aliphatic heterocycles. The lowest BCUT2D eigenvalue weighted by atomic mass is 9.97. The second-order valence-corrected chi connectivity index (χ2v) is 6.33. The van der Waals surface area contributed by atoms with E-state index in [1.807, 2.05) is 0 Å². The van der Waals surface area contributed by atoms with Gasteiger partial charge < -0.3 is 10.0 Å². The summed E-state index contributed by atoms with van der Waals surface area (Å²) < 4.78 is 0. The minimum Gasteiger partial charge on any atom is -0.390 e. The molecule has 1 N–H and O–H groups in total. The molecule has 1 atom stereocenters. The molecule has 2 fully saturated rings. The Hall–Kier alpha value is 0.270. The molecule has 0 unspecified atom stereocenters. The minimum absolute atomic E-state index is 0.319. The summed E-state index contributed by atoms with van der Waals surface area (Å²) in [5, 5.41) is 10.3. The Morgan fingerprint density at radius 2 is 2.13 bits per heavy atom. The van der Waals surface area contributed by atoms with E-state index in [2.05, 4.69) is 23.7 Å². The van der Waals surface area contributed by atoms with Crippen molar-refractivity contribution in [2.24, 2.45) is 0 Å². The van der Waals surface area contributed by atoms with Crippen molar-refractivity contribution in [1.82, 2.24) is 4.90 Å². The van der Waals surface area contributed by atoms with E-state index >= 15 is 0 Å². The fraction of sp³-hybridized carbons (Fsp3) is 1.00. The average Bonchev–Trinajstić information content (AvgIpc) is 2.85. The fourth-order valence-electron chi connectivity index (χ4n) is 2.72. The van der Waals surface area contributed by atoms with Crippen molar-refractivity contribution in [2.45, 2.75) is 50.2 Å². The molecule has 0 radical (unpaired) electrons. The van der Waals surface area contributed by atoms with Gasteiger partial charge in [0.2, 0.25) is 0 Å². The van der Waals surface area contributed by atoms with E-state index in [0.717, 1.165) is 31.8 Å². The maximum Gasteiger partial charge on any atom is 0.0660 e. The molecule has 2 nitrogen and oxygen atoms in total. The molecular formula is C12H23NOS. The molecule has 0 bridgehead atoms. The molecular weight excluding hydrogens is 206 g/mol. The normalized spacial score (nSPS) is 30.2. The molecule has 2 aliphatic rings. The van der Waals surface area contributed by atoms with Crippen molar-refractivity contribution in [3.8, 4) is 0 Å². The molecule has 2 rings (SSSR count). The zero-order valence-corrected chi connectivity index (χ0v) is 10.6. The number of rotatable bonds is 4. The molecule has 1 saturated carbocycles. The third-order valence-electron chi connectivity index (χ3n) is 3.99. The van der Waals surface area contributed by atoms with E-state index < -0.39 is 0 Å². The lowest BCUT2D eigenvalue weighted by Gasteiger charge is -2.28. The van der Waals surface area contributed by atoms with Crippen LogP contribution in [0.3, 0.4) is 0 Å². The molecule has 1 saturated heterocycles. The monoisotopic (exact) mass is 229 g/mol. The Labute approximate surface area is 97.4 Å². The van der Waals surface area contributed by atoms with Gasteiger partial charge in [-0.05, 0) is 38.5 Å². The van der Waals surface area contributed by atoms with Crippen molar-refractivity contribution < 1.29 is 5.11 Å². The predicted molar refractivity (Wildman–Crippen MR) is 66.4 cm³/mol. The Bertz CT molecular complexity index is 198. The lowest BCUT2D eigenvalue weighted by molar-refractivity contribution is 0.0275. The highest BCUT2D eigenvalue weighted by Crippen LogP contribution is 2.32. The first-order valence-electron chi connectivity index (χ1n) is 6.20. The average molecular weight is 229 g/mol. The highest BCUT2D eigenvalue weighted by atomic mass is 32.2. The first-order chi connectivity index (χ1) is 7.20. The molecule has 0 amide bonds. The van der Waals surface area contributed by atoms with Crippen molar-refractivity contribution in [3.05, 3.63) is 0 Å². The SMILES string of the molecule is CN(CCC1(O)CCCC1)[C@H]1CCSC1. The summed E-state index contributed by atoms with van der Waals surface area (Å²) in [4.78, 5) is 2.45. The lowest BCUT2D eigenvalue weighted by Crippen LogP contribution is -2.37. The van der Waals surface area contributed by atoms with Crippen LogP contribution in [-0.2, 0) is 0 Å². The summed E-state index contributed by atoms with van der Waals surface area (Å²) in [6, 6.07) is 0.764. The largest absolute Gasteiger partial charge is 0.390 e. The van der Waals surface area contributed by atoms with E-state index in [-0.39, 0.29) is 5.60 Å². The summed E-state index contributed by atoms with van der Waals surface area (Å²) in [7, 11) is 2.22. The molecule has 88 valence electrons. The maximum atomic E-state index is 10.3. The van der Waals surface area contributed by atoms with E-state index in [1.165, 1.54) is 30.8 Å². The molecule has 0 aromatic rings. The predicted octanol–water partition coefficient (Wildman–Crippen LogP) is 2.12. The number of aliphatic hydroxyl groups is 1. The van der Waals surface area contributed by atoms with E-state index in [0.29, 0.717) is 0 Å². The molecule has 15 heavy (non-hydrogen) atoms. The second-order valence-electron chi connectivity index (χ2n) is 5.18. The smallest absolute Gasteiger partial charge is 0.0660 e. The van der Waals surface area contributed by atoms with Crippen LogP contribution in [0.1, 0.15) is 38.5 Å². The van der Waals surface area contributed by atoms with Gasteiger partial charge in [0.05, 0.1) is 5.60 Å². The van der Waals surface area contributed by atoms with Crippen LogP contribution in [0.2, 0.25) is 0 Å². The van der Waals surface area contributed by atoms with E-state index in [9.17, 15) is 5.11 Å². The summed E-state index contributed by atoms with van der Waals surface area (Å²) in [5.74, 6) is 2.61. The number of hydrogen-bond acceptors (Lipinski definition) is 3. The van der Waals surface area contributed by atoms with Crippen LogP contribution in [0.25, 0.3) is 0 Å². The standard InChI is InChI=1S/C12H23NOS/c1-13(11-4-9-15-10-11)8-7-12(14)5-2-3-6-12/h11,14H,2-10H2,1H3/t11-/m0/s1. The van der Waals surface area contributed by atoms with Crippen molar-refractivity contribution >= 4 is 11.8 Å². The van der Waals surface area contributed by atoms with Crippen LogP contribution in [0.15, 0.2) is 0 Å². The van der Waals surface area contributed by atoms with Crippen LogP contribution >= 0.6 is 11.8 Å². The van der Waals surface area contributed by atoms with Gasteiger partial charge >= 0.3 is 0 Å². The van der Waals surface area contributed by atoms with Crippen molar-refractivity contribution in [2.75, 3.05) is 25.1 Å². The van der Waals surface area contributed by atoms with Gasteiger partial charge in [-0.3, -0.25) is 0 Å². The first kappa shape index (κ1) is 11.7. The fourth-order valence-corrected chi connectivity index (χ4v) is 4.02. The van der Waals surface area contributed by atoms with Crippen LogP contribution in [0, 0.1) is 0 Å². The number of nitrogens with zero attached hydrogens (tertiary/aromatic N) is 1. The van der Waals surface area contributed by atoms with Gasteiger partial charge in [0.25, 0.3) is 0 Å². The first-order valence-corrected chi connectivity index (χ1v) is 7.35. The summed E-state index contributed by atoms with van der Waals surface area (Å²) in [6.45, 7) is 1.07. The summed E-state index contributed by atoms with van der Waals surface area (Å²) in [5.41, 5.74) is -0.319. The van der Waals surface area contributed by atoms with Crippen LogP contribution < -0.4 is 0 Å². The summed E-state index contributed by atoms with van der Waals surface area (Å²) in [6.07, 6.45) is 6.81. The zero-order valence-electron chi connectivity index (χ0n) is 9.74. The molecule has 3 heteroatoms. The highest BCUT2D eigenvalue weighted by Gasteiger charge is 2.31. The molecule has 1 heterocycles. The van der Waals surface area contributed by atoms with Gasteiger partial charge in [-0.1, -0.05) is 12.8 Å². The Balaban J connectivity index is 1.72. The topological polar surface area (TPSA) is 23.5 Å². The third kappa shape index (κ3) is 3.11. The van der Waals surface area contributed by atoms with Gasteiger partial charge in [-0.2, -0.15) is 11.8 Å². The van der Waals surface area contributed by atoms with Crippen molar-refractivity contribution in [1.29, 1.82) is 0 Å². The van der Waals surface area contributed by atoms with Crippen LogP contribution in [0.4, 0.5) is 0 Å². The van der Waals surface area contributed by atoms with Crippen molar-refractivity contribution in [3.63, 3.8) is 0 Å². The molecule has 0 aromatic carbocycles. The quantitative estimate of drug-likeness (QED) is 0.799.